The first-order chi connectivity index (χ1) is 20.3. The normalized spacial score (nSPS) is 16.8. The van der Waals surface area contributed by atoms with Crippen LogP contribution in [0.3, 0.4) is 0 Å². The number of carbonyl (C=O) groups is 1. The van der Waals surface area contributed by atoms with Gasteiger partial charge in [0.1, 0.15) is 17.9 Å². The third-order valence-corrected chi connectivity index (χ3v) is 8.38. The molecule has 0 saturated heterocycles. The second kappa shape index (κ2) is 10.2. The maximum atomic E-state index is 13.5. The summed E-state index contributed by atoms with van der Waals surface area (Å²) in [6.45, 7) is 6.25. The number of benzene rings is 1. The quantitative estimate of drug-likeness (QED) is 0.283. The average Bonchev–Trinajstić information content (AvgIpc) is 3.42. The zero-order valence-electron chi connectivity index (χ0n) is 24.1. The zero-order chi connectivity index (χ0) is 29.1. The van der Waals surface area contributed by atoms with Crippen LogP contribution < -0.4 is 10.5 Å². The molecule has 0 spiro atoms. The number of nitrogens with two attached hydrogens (primary N) is 1. The van der Waals surface area contributed by atoms with Gasteiger partial charge < -0.3 is 29.1 Å². The average molecular weight is 571 g/mol. The minimum Gasteiger partial charge on any atom is -0.489 e. The molecule has 2 atom stereocenters. The summed E-state index contributed by atoms with van der Waals surface area (Å²) < 4.78 is 25.9. The Labute approximate surface area is 242 Å². The fourth-order valence-corrected chi connectivity index (χ4v) is 5.98. The van der Waals surface area contributed by atoms with Crippen molar-refractivity contribution >= 4 is 28.0 Å². The van der Waals surface area contributed by atoms with Crippen molar-refractivity contribution in [2.75, 3.05) is 19.7 Å². The second-order valence-electron chi connectivity index (χ2n) is 11.9. The predicted molar refractivity (Wildman–Crippen MR) is 158 cm³/mol. The van der Waals surface area contributed by atoms with Crippen LogP contribution in [0.4, 0.5) is 4.39 Å². The summed E-state index contributed by atoms with van der Waals surface area (Å²) in [6.07, 6.45) is 5.95. The number of aryl methyl sites for hydroxylation is 1. The molecule has 0 bridgehead atoms. The molecule has 2 N–H and O–H groups in total. The van der Waals surface area contributed by atoms with E-state index in [0.29, 0.717) is 43.1 Å². The van der Waals surface area contributed by atoms with Gasteiger partial charge in [-0.05, 0) is 50.8 Å². The number of carbonyl (C=O) groups excluding carboxylic acids is 1. The Kier molecular flexibility index (Phi) is 6.49. The predicted octanol–water partition coefficient (Wildman–Crippen LogP) is 4.32. The van der Waals surface area contributed by atoms with E-state index in [2.05, 4.69) is 21.7 Å². The molecule has 1 aromatic carbocycles. The number of hydrogen-bond acceptors (Lipinski definition) is 6. The van der Waals surface area contributed by atoms with E-state index in [-0.39, 0.29) is 18.0 Å². The van der Waals surface area contributed by atoms with Gasteiger partial charge in [-0.2, -0.15) is 4.39 Å². The summed E-state index contributed by atoms with van der Waals surface area (Å²) in [6, 6.07) is 9.94. The van der Waals surface area contributed by atoms with Gasteiger partial charge in [-0.3, -0.25) is 4.79 Å². The SMILES string of the molecule is C[C@H](COc1cccc2cc(-c3nc4cc5c(nc4n3C)CCN(C[C@@H](C)N)C5=O)n(CC3CC3)c12)n1cnc(F)c1. The number of rotatable bonds is 9. The number of hydrogen-bond donors (Lipinski definition) is 1. The number of amides is 1. The van der Waals surface area contributed by atoms with Crippen molar-refractivity contribution in [1.82, 2.24) is 33.6 Å². The zero-order valence-corrected chi connectivity index (χ0v) is 24.1. The lowest BCUT2D eigenvalue weighted by Crippen LogP contribution is -2.44. The second-order valence-corrected chi connectivity index (χ2v) is 11.9. The molecule has 4 aromatic heterocycles. The monoisotopic (exact) mass is 570 g/mol. The van der Waals surface area contributed by atoms with Crippen molar-refractivity contribution in [3.05, 3.63) is 60.1 Å². The van der Waals surface area contributed by atoms with E-state index in [0.717, 1.165) is 46.1 Å². The van der Waals surface area contributed by atoms with Crippen LogP contribution in [-0.2, 0) is 20.0 Å². The molecule has 218 valence electrons. The van der Waals surface area contributed by atoms with Gasteiger partial charge in [-0.25, -0.2) is 15.0 Å². The van der Waals surface area contributed by atoms with E-state index < -0.39 is 5.95 Å². The number of fused-ring (bicyclic) bond motifs is 3. The number of imidazole rings is 2. The largest absolute Gasteiger partial charge is 0.489 e. The Bertz CT molecular complexity index is 1810. The van der Waals surface area contributed by atoms with E-state index in [9.17, 15) is 9.18 Å². The van der Waals surface area contributed by atoms with E-state index in [1.54, 1.807) is 4.57 Å². The van der Waals surface area contributed by atoms with Gasteiger partial charge in [0.05, 0.1) is 41.0 Å². The number of aromatic nitrogens is 6. The lowest BCUT2D eigenvalue weighted by atomic mass is 10.0. The maximum Gasteiger partial charge on any atom is 0.255 e. The molecule has 0 radical (unpaired) electrons. The third-order valence-electron chi connectivity index (χ3n) is 8.38. The smallest absolute Gasteiger partial charge is 0.255 e. The topological polar surface area (TPSA) is 109 Å². The first-order valence-electron chi connectivity index (χ1n) is 14.6. The highest BCUT2D eigenvalue weighted by atomic mass is 19.1. The highest BCUT2D eigenvalue weighted by Crippen LogP contribution is 2.39. The van der Waals surface area contributed by atoms with E-state index in [1.165, 1.54) is 25.4 Å². The molecule has 11 heteroatoms. The number of halogens is 1. The molecule has 10 nitrogen and oxygen atoms in total. The van der Waals surface area contributed by atoms with Crippen molar-refractivity contribution in [2.24, 2.45) is 18.7 Å². The Morgan fingerprint density at radius 1 is 1.19 bits per heavy atom. The molecule has 0 unspecified atom stereocenters. The van der Waals surface area contributed by atoms with E-state index >= 15 is 0 Å². The Balaban J connectivity index is 1.28. The highest BCUT2D eigenvalue weighted by molar-refractivity contribution is 5.99. The van der Waals surface area contributed by atoms with Crippen molar-refractivity contribution in [2.45, 2.75) is 51.7 Å². The van der Waals surface area contributed by atoms with Crippen LogP contribution in [0.2, 0.25) is 0 Å². The van der Waals surface area contributed by atoms with Crippen LogP contribution in [0.25, 0.3) is 33.6 Å². The first-order valence-corrected chi connectivity index (χ1v) is 14.6. The molecule has 5 aromatic rings. The molecule has 2 aliphatic rings. The van der Waals surface area contributed by atoms with Crippen LogP contribution >= 0.6 is 0 Å². The fraction of sp³-hybridized carbons (Fsp3) is 0.419. The summed E-state index contributed by atoms with van der Waals surface area (Å²) in [4.78, 5) is 28.7. The lowest BCUT2D eigenvalue weighted by molar-refractivity contribution is 0.0730. The molecule has 1 aliphatic heterocycles. The van der Waals surface area contributed by atoms with Gasteiger partial charge >= 0.3 is 0 Å². The highest BCUT2D eigenvalue weighted by Gasteiger charge is 2.30. The molecule has 5 heterocycles. The molecule has 1 amide bonds. The Hall–Kier alpha value is -4.25. The first kappa shape index (κ1) is 26.6. The van der Waals surface area contributed by atoms with Crippen LogP contribution in [0, 0.1) is 11.9 Å². The number of nitrogens with zero attached hydrogens (tertiary/aromatic N) is 7. The van der Waals surface area contributed by atoms with E-state index in [4.69, 9.17) is 20.4 Å². The number of pyridine rings is 1. The van der Waals surface area contributed by atoms with Gasteiger partial charge in [0, 0.05) is 44.5 Å². The molecular formula is C31H35FN8O2. The van der Waals surface area contributed by atoms with Gasteiger partial charge in [0.25, 0.3) is 5.91 Å². The number of ether oxygens (including phenoxy) is 1. The maximum absolute atomic E-state index is 13.5. The van der Waals surface area contributed by atoms with Gasteiger partial charge in [0.15, 0.2) is 11.5 Å². The fourth-order valence-electron chi connectivity index (χ4n) is 5.98. The Morgan fingerprint density at radius 2 is 2.02 bits per heavy atom. The summed E-state index contributed by atoms with van der Waals surface area (Å²) in [5.74, 6) is 1.64. The standard InChI is InChI=1S/C31H35FN8O2/c1-18(33)13-38-10-9-23-22(31(38)41)12-24-29(35-23)37(3)30(36-24)25-11-21-5-4-6-26(28(21)40(25)14-20-7-8-20)42-16-19(2)39-15-27(32)34-17-39/h4-6,11-12,15,17-20H,7-10,13-14,16,33H2,1-3H3/t18-,19-/m1/s1. The summed E-state index contributed by atoms with van der Waals surface area (Å²) in [7, 11) is 1.99. The van der Waals surface area contributed by atoms with Gasteiger partial charge in [-0.15, -0.1) is 0 Å². The van der Waals surface area contributed by atoms with Crippen molar-refractivity contribution in [3.63, 3.8) is 0 Å². The summed E-state index contributed by atoms with van der Waals surface area (Å²) in [5, 5.41) is 1.06. The van der Waals surface area contributed by atoms with Crippen molar-refractivity contribution in [3.8, 4) is 17.3 Å². The summed E-state index contributed by atoms with van der Waals surface area (Å²) in [5.41, 5.74) is 10.9. The van der Waals surface area contributed by atoms with Crippen LogP contribution in [-0.4, -0.2) is 65.2 Å². The third kappa shape index (κ3) is 4.71. The van der Waals surface area contributed by atoms with Gasteiger partial charge in [-0.1, -0.05) is 12.1 Å². The van der Waals surface area contributed by atoms with Crippen molar-refractivity contribution in [1.29, 1.82) is 0 Å². The molecule has 1 saturated carbocycles. The van der Waals surface area contributed by atoms with Gasteiger partial charge in [0.2, 0.25) is 5.95 Å². The van der Waals surface area contributed by atoms with Crippen LogP contribution in [0.5, 0.6) is 5.75 Å². The minimum absolute atomic E-state index is 0.0348. The molecule has 1 aliphatic carbocycles. The Morgan fingerprint density at radius 3 is 2.76 bits per heavy atom. The molecular weight excluding hydrogens is 535 g/mol. The number of para-hydroxylation sites is 1. The summed E-state index contributed by atoms with van der Waals surface area (Å²) >= 11 is 0. The van der Waals surface area contributed by atoms with Crippen molar-refractivity contribution < 1.29 is 13.9 Å². The van der Waals surface area contributed by atoms with E-state index in [1.807, 2.05) is 48.6 Å². The molecule has 1 fully saturated rings. The minimum atomic E-state index is -0.503. The van der Waals surface area contributed by atoms with Crippen LogP contribution in [0.1, 0.15) is 48.8 Å². The molecule has 7 rings (SSSR count). The lowest BCUT2D eigenvalue weighted by Gasteiger charge is -2.29. The van der Waals surface area contributed by atoms with Crippen LogP contribution in [0.15, 0.2) is 42.9 Å². The molecule has 42 heavy (non-hydrogen) atoms.